The van der Waals surface area contributed by atoms with Crippen LogP contribution in [0.2, 0.25) is 0 Å². The van der Waals surface area contributed by atoms with Crippen LogP contribution in [0.15, 0.2) is 0 Å². The van der Waals surface area contributed by atoms with Crippen LogP contribution >= 0.6 is 8.25 Å². The third kappa shape index (κ3) is 10.9. The zero-order chi connectivity index (χ0) is 9.40. The van der Waals surface area contributed by atoms with E-state index in [1.165, 1.54) is 0 Å². The van der Waals surface area contributed by atoms with Crippen molar-refractivity contribution in [1.82, 2.24) is 0 Å². The molecule has 0 aliphatic heterocycles. The van der Waals surface area contributed by atoms with Crippen molar-refractivity contribution in [3.05, 3.63) is 0 Å². The maximum atomic E-state index is 10.1. The van der Waals surface area contributed by atoms with Gasteiger partial charge in [-0.1, -0.05) is 33.1 Å². The van der Waals surface area contributed by atoms with Crippen LogP contribution in [0.1, 0.15) is 39.5 Å². The van der Waals surface area contributed by atoms with Crippen LogP contribution in [0.25, 0.3) is 0 Å². The molecule has 0 amide bonds. The van der Waals surface area contributed by atoms with E-state index in [0.29, 0.717) is 12.5 Å². The summed E-state index contributed by atoms with van der Waals surface area (Å²) in [5.74, 6) is 0.401. The molecule has 0 aliphatic carbocycles. The number of hydrogen-bond donors (Lipinski definition) is 0. The summed E-state index contributed by atoms with van der Waals surface area (Å²) in [6.07, 6.45) is 4.36. The topological polar surface area (TPSA) is 49.4 Å². The van der Waals surface area contributed by atoms with Gasteiger partial charge in [0.15, 0.2) is 0 Å². The van der Waals surface area contributed by atoms with Gasteiger partial charge in [0.05, 0.1) is 0 Å². The van der Waals surface area contributed by atoms with E-state index >= 15 is 0 Å². The fourth-order valence-electron chi connectivity index (χ4n) is 1.06. The second-order valence-electron chi connectivity index (χ2n) is 2.94. The Morgan fingerprint density at radius 2 is 2.08 bits per heavy atom. The quantitative estimate of drug-likeness (QED) is 0.414. The van der Waals surface area contributed by atoms with E-state index in [-0.39, 0.29) is 29.6 Å². The normalized spacial score (nSPS) is 13.3. The average Bonchev–Trinajstić information content (AvgIpc) is 2.05. The van der Waals surface area contributed by atoms with Gasteiger partial charge in [-0.3, -0.25) is 0 Å². The van der Waals surface area contributed by atoms with Crippen LogP contribution in [-0.4, -0.2) is 6.61 Å². The first kappa shape index (κ1) is 16.4. The zero-order valence-electron chi connectivity index (χ0n) is 8.78. The predicted octanol–water partition coefficient (Wildman–Crippen LogP) is -0.759. The van der Waals surface area contributed by atoms with Crippen molar-refractivity contribution in [2.75, 3.05) is 6.61 Å². The molecule has 0 N–H and O–H groups in total. The summed E-state index contributed by atoms with van der Waals surface area (Å²) in [5, 5.41) is 0. The van der Waals surface area contributed by atoms with Crippen molar-refractivity contribution < 1.29 is 43.5 Å². The molecule has 0 fully saturated rings. The summed E-state index contributed by atoms with van der Waals surface area (Å²) in [6, 6.07) is 0. The van der Waals surface area contributed by atoms with E-state index in [1.54, 1.807) is 0 Å². The van der Waals surface area contributed by atoms with Gasteiger partial charge >= 0.3 is 37.8 Å². The summed E-state index contributed by atoms with van der Waals surface area (Å²) < 4.78 is 14.7. The summed E-state index contributed by atoms with van der Waals surface area (Å²) in [5.41, 5.74) is 0. The molecule has 0 bridgehead atoms. The molecule has 0 spiro atoms. The van der Waals surface area contributed by atoms with Gasteiger partial charge in [-0.15, -0.1) is 4.52 Å². The number of hydrogen-bond acceptors (Lipinski definition) is 3. The van der Waals surface area contributed by atoms with E-state index in [4.69, 9.17) is 0 Å². The van der Waals surface area contributed by atoms with Crippen molar-refractivity contribution in [2.24, 2.45) is 5.92 Å². The van der Waals surface area contributed by atoms with Crippen LogP contribution in [0.3, 0.4) is 0 Å². The van der Waals surface area contributed by atoms with E-state index in [2.05, 4.69) is 18.4 Å². The molecule has 0 rings (SSSR count). The van der Waals surface area contributed by atoms with E-state index in [1.807, 2.05) is 0 Å². The van der Waals surface area contributed by atoms with Gasteiger partial charge < -0.3 is 4.89 Å². The van der Waals surface area contributed by atoms with Crippen LogP contribution < -0.4 is 34.5 Å². The molecule has 3 nitrogen and oxygen atoms in total. The molecular formula is C8H17NaO3P+. The number of unbranched alkanes of at least 4 members (excludes halogenated alkanes) is 1. The predicted molar refractivity (Wildman–Crippen MR) is 46.9 cm³/mol. The molecule has 0 saturated heterocycles. The Labute approximate surface area is 103 Å². The second-order valence-corrected chi connectivity index (χ2v) is 3.64. The molecule has 0 aromatic heterocycles. The number of rotatable bonds is 7. The summed E-state index contributed by atoms with van der Waals surface area (Å²) in [6.45, 7) is 4.54. The molecule has 13 heavy (non-hydrogen) atoms. The van der Waals surface area contributed by atoms with Crippen LogP contribution in [-0.2, 0) is 9.09 Å². The van der Waals surface area contributed by atoms with Crippen LogP contribution in [0.4, 0.5) is 0 Å². The van der Waals surface area contributed by atoms with E-state index in [0.717, 1.165) is 25.7 Å². The Bertz CT molecular complexity index is 133. The SMILES string of the molecule is CCCCC(CC)CO[P+](=O)[O-].[Na+]. The molecule has 0 heterocycles. The Morgan fingerprint density at radius 3 is 2.46 bits per heavy atom. The van der Waals surface area contributed by atoms with Gasteiger partial charge in [-0.2, -0.15) is 0 Å². The largest absolute Gasteiger partial charge is 1.00 e. The molecule has 5 heteroatoms. The van der Waals surface area contributed by atoms with Crippen molar-refractivity contribution in [3.63, 3.8) is 0 Å². The maximum Gasteiger partial charge on any atom is 1.00 e. The third-order valence-corrected chi connectivity index (χ3v) is 2.32. The van der Waals surface area contributed by atoms with Gasteiger partial charge in [0.25, 0.3) is 0 Å². The Hall–Kier alpha value is 1.02. The summed E-state index contributed by atoms with van der Waals surface area (Å²) in [4.78, 5) is 10.1. The summed E-state index contributed by atoms with van der Waals surface area (Å²) >= 11 is 0. The minimum atomic E-state index is -2.65. The van der Waals surface area contributed by atoms with Crippen molar-refractivity contribution in [2.45, 2.75) is 39.5 Å². The van der Waals surface area contributed by atoms with Crippen LogP contribution in [0, 0.1) is 5.92 Å². The molecule has 2 unspecified atom stereocenters. The smallest absolute Gasteiger partial charge is 0.566 e. The third-order valence-electron chi connectivity index (χ3n) is 1.96. The standard InChI is InChI=1S/C8H17O3P.Na/c1-3-5-6-8(4-2)7-11-12(9)10;/h8H,3-7H2,1-2H3;/q;+1. The first-order valence-electron chi connectivity index (χ1n) is 4.48. The van der Waals surface area contributed by atoms with E-state index < -0.39 is 8.25 Å². The van der Waals surface area contributed by atoms with Gasteiger partial charge in [-0.25, -0.2) is 0 Å². The molecule has 0 radical (unpaired) electrons. The molecular weight excluding hydrogens is 198 g/mol. The fourth-order valence-corrected chi connectivity index (χ4v) is 1.40. The minimum absolute atomic E-state index is 0. The average molecular weight is 215 g/mol. The van der Waals surface area contributed by atoms with Crippen LogP contribution in [0.5, 0.6) is 0 Å². The van der Waals surface area contributed by atoms with Gasteiger partial charge in [0.2, 0.25) is 0 Å². The van der Waals surface area contributed by atoms with Crippen molar-refractivity contribution in [3.8, 4) is 0 Å². The van der Waals surface area contributed by atoms with Gasteiger partial charge in [0.1, 0.15) is 6.61 Å². The first-order valence-corrected chi connectivity index (χ1v) is 5.57. The van der Waals surface area contributed by atoms with E-state index in [9.17, 15) is 9.46 Å². The van der Waals surface area contributed by atoms with Gasteiger partial charge in [0, 0.05) is 0 Å². The Kier molecular flexibility index (Phi) is 14.0. The second kappa shape index (κ2) is 11.1. The first-order chi connectivity index (χ1) is 5.70. The molecule has 0 aromatic carbocycles. The molecule has 2 atom stereocenters. The molecule has 0 aromatic rings. The van der Waals surface area contributed by atoms with Crippen molar-refractivity contribution in [1.29, 1.82) is 0 Å². The van der Waals surface area contributed by atoms with Crippen molar-refractivity contribution >= 4 is 8.25 Å². The fraction of sp³-hybridized carbons (Fsp3) is 1.00. The summed E-state index contributed by atoms with van der Waals surface area (Å²) in [7, 11) is -2.65. The van der Waals surface area contributed by atoms with Gasteiger partial charge in [-0.05, 0) is 16.9 Å². The zero-order valence-corrected chi connectivity index (χ0v) is 11.7. The maximum absolute atomic E-state index is 10.1. The Morgan fingerprint density at radius 1 is 1.46 bits per heavy atom. The molecule has 0 saturated carbocycles. The monoisotopic (exact) mass is 215 g/mol. The minimum Gasteiger partial charge on any atom is -0.566 e. The Balaban J connectivity index is 0. The molecule has 0 aliphatic rings. The molecule has 72 valence electrons.